The lowest BCUT2D eigenvalue weighted by Gasteiger charge is -2.35. The Morgan fingerprint density at radius 3 is 2.38 bits per heavy atom. The van der Waals surface area contributed by atoms with Crippen molar-refractivity contribution in [2.75, 3.05) is 43.0 Å². The first-order valence-corrected chi connectivity index (χ1v) is 12.1. The number of aryl methyl sites for hydroxylation is 1. The molecule has 0 aromatic heterocycles. The molecule has 1 aliphatic heterocycles. The van der Waals surface area contributed by atoms with Gasteiger partial charge in [-0.2, -0.15) is 0 Å². The van der Waals surface area contributed by atoms with E-state index < -0.39 is 0 Å². The largest absolute Gasteiger partial charge is 0.339 e. The number of fused-ring (bicyclic) bond motifs is 1. The third kappa shape index (κ3) is 5.90. The van der Waals surface area contributed by atoms with E-state index in [0.29, 0.717) is 5.75 Å². The lowest BCUT2D eigenvalue weighted by Crippen LogP contribution is -2.48. The second kappa shape index (κ2) is 10.7. The summed E-state index contributed by atoms with van der Waals surface area (Å²) >= 11 is 1.37. The smallest absolute Gasteiger partial charge is 0.234 e. The molecule has 3 aromatic rings. The van der Waals surface area contributed by atoms with Crippen LogP contribution >= 0.6 is 11.8 Å². The van der Waals surface area contributed by atoms with Crippen molar-refractivity contribution in [1.82, 2.24) is 9.80 Å². The van der Waals surface area contributed by atoms with Gasteiger partial charge in [0.25, 0.3) is 0 Å². The van der Waals surface area contributed by atoms with E-state index >= 15 is 0 Å². The number of hydrogen-bond acceptors (Lipinski definition) is 4. The number of hydrogen-bond donors (Lipinski definition) is 1. The highest BCUT2D eigenvalue weighted by atomic mass is 32.2. The Balaban J connectivity index is 1.19. The molecule has 0 spiro atoms. The van der Waals surface area contributed by atoms with Gasteiger partial charge in [0.2, 0.25) is 11.8 Å². The topological polar surface area (TPSA) is 52.7 Å². The van der Waals surface area contributed by atoms with Crippen molar-refractivity contribution in [1.29, 1.82) is 0 Å². The number of nitrogens with one attached hydrogen (secondary N) is 1. The van der Waals surface area contributed by atoms with Gasteiger partial charge in [0.1, 0.15) is 0 Å². The summed E-state index contributed by atoms with van der Waals surface area (Å²) in [5.74, 6) is 0.653. The Kier molecular flexibility index (Phi) is 7.45. The number of carbonyl (C=O) groups is 2. The van der Waals surface area contributed by atoms with Gasteiger partial charge in [-0.05, 0) is 35.4 Å². The first kappa shape index (κ1) is 22.4. The highest BCUT2D eigenvalue weighted by Gasteiger charge is 2.21. The molecule has 4 rings (SSSR count). The van der Waals surface area contributed by atoms with Crippen molar-refractivity contribution in [3.05, 3.63) is 77.9 Å². The SMILES string of the molecule is Cc1ccc(NC(=O)CSCC(=O)N2CCN(Cc3cccc4ccccc34)CC2)cc1. The summed E-state index contributed by atoms with van der Waals surface area (Å²) in [6.45, 7) is 6.12. The van der Waals surface area contributed by atoms with Gasteiger partial charge in [0.05, 0.1) is 11.5 Å². The molecule has 0 atom stereocenters. The number of amides is 2. The second-order valence-electron chi connectivity index (χ2n) is 8.20. The van der Waals surface area contributed by atoms with E-state index in [0.717, 1.165) is 44.0 Å². The van der Waals surface area contributed by atoms with E-state index in [1.54, 1.807) is 0 Å². The van der Waals surface area contributed by atoms with Crippen LogP contribution in [0.5, 0.6) is 0 Å². The van der Waals surface area contributed by atoms with Gasteiger partial charge >= 0.3 is 0 Å². The molecule has 1 N–H and O–H groups in total. The number of carbonyl (C=O) groups excluding carboxylic acids is 2. The van der Waals surface area contributed by atoms with Crippen molar-refractivity contribution in [3.8, 4) is 0 Å². The molecule has 2 amide bonds. The van der Waals surface area contributed by atoms with E-state index in [4.69, 9.17) is 0 Å². The molecule has 1 heterocycles. The minimum absolute atomic E-state index is 0.0773. The zero-order valence-corrected chi connectivity index (χ0v) is 19.2. The number of nitrogens with zero attached hydrogens (tertiary/aromatic N) is 2. The Morgan fingerprint density at radius 2 is 1.59 bits per heavy atom. The van der Waals surface area contributed by atoms with Crippen LogP contribution in [0.15, 0.2) is 66.7 Å². The van der Waals surface area contributed by atoms with Crippen LogP contribution in [0.3, 0.4) is 0 Å². The van der Waals surface area contributed by atoms with E-state index in [1.165, 1.54) is 28.1 Å². The number of anilines is 1. The van der Waals surface area contributed by atoms with Gasteiger partial charge in [-0.3, -0.25) is 14.5 Å². The summed E-state index contributed by atoms with van der Waals surface area (Å²) in [6, 6.07) is 22.6. The number of piperazine rings is 1. The first-order valence-electron chi connectivity index (χ1n) is 11.0. The van der Waals surface area contributed by atoms with Crippen LogP contribution in [0.2, 0.25) is 0 Å². The maximum atomic E-state index is 12.6. The average Bonchev–Trinajstić information content (AvgIpc) is 2.81. The van der Waals surface area contributed by atoms with Gasteiger partial charge < -0.3 is 10.2 Å². The minimum Gasteiger partial charge on any atom is -0.339 e. The van der Waals surface area contributed by atoms with Crippen molar-refractivity contribution < 1.29 is 9.59 Å². The Morgan fingerprint density at radius 1 is 0.875 bits per heavy atom. The van der Waals surface area contributed by atoms with Crippen LogP contribution in [0.1, 0.15) is 11.1 Å². The van der Waals surface area contributed by atoms with Crippen LogP contribution in [0.25, 0.3) is 10.8 Å². The summed E-state index contributed by atoms with van der Waals surface area (Å²) in [5.41, 5.74) is 3.27. The Labute approximate surface area is 193 Å². The predicted molar refractivity (Wildman–Crippen MR) is 133 cm³/mol. The molecule has 3 aromatic carbocycles. The fraction of sp³-hybridized carbons (Fsp3) is 0.308. The normalized spacial score (nSPS) is 14.5. The van der Waals surface area contributed by atoms with Crippen molar-refractivity contribution in [3.63, 3.8) is 0 Å². The fourth-order valence-electron chi connectivity index (χ4n) is 3.98. The first-order chi connectivity index (χ1) is 15.6. The summed E-state index contributed by atoms with van der Waals surface area (Å²) < 4.78 is 0. The average molecular weight is 448 g/mol. The lowest BCUT2D eigenvalue weighted by molar-refractivity contribution is -0.130. The standard InChI is InChI=1S/C26H29N3O2S/c1-20-9-11-23(12-10-20)27-25(30)18-32-19-26(31)29-15-13-28(14-16-29)17-22-7-4-6-21-5-2-3-8-24(21)22/h2-12H,13-19H2,1H3,(H,27,30). The lowest BCUT2D eigenvalue weighted by atomic mass is 10.0. The maximum Gasteiger partial charge on any atom is 0.234 e. The highest BCUT2D eigenvalue weighted by Crippen LogP contribution is 2.20. The van der Waals surface area contributed by atoms with Gasteiger partial charge in [-0.25, -0.2) is 0 Å². The molecule has 5 nitrogen and oxygen atoms in total. The fourth-order valence-corrected chi connectivity index (χ4v) is 4.70. The van der Waals surface area contributed by atoms with Gasteiger partial charge in [0, 0.05) is 38.4 Å². The summed E-state index contributed by atoms with van der Waals surface area (Å²) in [7, 11) is 0. The monoisotopic (exact) mass is 447 g/mol. The molecule has 1 fully saturated rings. The highest BCUT2D eigenvalue weighted by molar-refractivity contribution is 8.00. The zero-order valence-electron chi connectivity index (χ0n) is 18.4. The van der Waals surface area contributed by atoms with Gasteiger partial charge in [0.15, 0.2) is 0 Å². The minimum atomic E-state index is -0.0773. The molecule has 32 heavy (non-hydrogen) atoms. The summed E-state index contributed by atoms with van der Waals surface area (Å²) in [6.07, 6.45) is 0. The molecule has 1 aliphatic rings. The molecule has 0 aliphatic carbocycles. The molecular weight excluding hydrogens is 418 g/mol. The van der Waals surface area contributed by atoms with Crippen LogP contribution in [-0.4, -0.2) is 59.3 Å². The molecular formula is C26H29N3O2S. The molecule has 0 bridgehead atoms. The molecule has 0 radical (unpaired) electrons. The van der Waals surface area contributed by atoms with Crippen molar-refractivity contribution in [2.24, 2.45) is 0 Å². The van der Waals surface area contributed by atoms with Crippen LogP contribution in [-0.2, 0) is 16.1 Å². The third-order valence-electron chi connectivity index (χ3n) is 5.79. The maximum absolute atomic E-state index is 12.6. The number of thioether (sulfide) groups is 1. The van der Waals surface area contributed by atoms with Gasteiger partial charge in [-0.1, -0.05) is 60.2 Å². The third-order valence-corrected chi connectivity index (χ3v) is 6.71. The summed E-state index contributed by atoms with van der Waals surface area (Å²) in [4.78, 5) is 29.0. The summed E-state index contributed by atoms with van der Waals surface area (Å²) in [5, 5.41) is 5.44. The van der Waals surface area contributed by atoms with E-state index in [2.05, 4.69) is 52.7 Å². The number of rotatable bonds is 7. The predicted octanol–water partition coefficient (Wildman–Crippen LogP) is 4.16. The van der Waals surface area contributed by atoms with Crippen LogP contribution in [0.4, 0.5) is 5.69 Å². The molecule has 1 saturated heterocycles. The zero-order chi connectivity index (χ0) is 22.3. The van der Waals surface area contributed by atoms with Gasteiger partial charge in [-0.15, -0.1) is 11.8 Å². The van der Waals surface area contributed by atoms with E-state index in [9.17, 15) is 9.59 Å². The number of benzene rings is 3. The second-order valence-corrected chi connectivity index (χ2v) is 9.19. The molecule has 0 unspecified atom stereocenters. The van der Waals surface area contributed by atoms with Crippen LogP contribution in [0, 0.1) is 6.92 Å². The van der Waals surface area contributed by atoms with Crippen molar-refractivity contribution >= 4 is 40.0 Å². The van der Waals surface area contributed by atoms with Crippen LogP contribution < -0.4 is 5.32 Å². The van der Waals surface area contributed by atoms with E-state index in [1.807, 2.05) is 36.1 Å². The quantitative estimate of drug-likeness (QED) is 0.591. The van der Waals surface area contributed by atoms with Crippen molar-refractivity contribution in [2.45, 2.75) is 13.5 Å². The molecule has 166 valence electrons. The van der Waals surface area contributed by atoms with E-state index in [-0.39, 0.29) is 17.6 Å². The molecule has 0 saturated carbocycles. The Bertz CT molecular complexity index is 1070. The molecule has 6 heteroatoms. The Hall–Kier alpha value is -2.83.